The molecule has 0 saturated carbocycles. The summed E-state index contributed by atoms with van der Waals surface area (Å²) in [6.07, 6.45) is 2.57. The first-order valence-corrected chi connectivity index (χ1v) is 5.75. The number of pyridine rings is 1. The van der Waals surface area contributed by atoms with E-state index in [1.165, 1.54) is 18.5 Å². The van der Waals surface area contributed by atoms with Crippen molar-refractivity contribution in [3.8, 4) is 0 Å². The van der Waals surface area contributed by atoms with E-state index in [4.69, 9.17) is 5.11 Å². The Hall–Kier alpha value is -2.90. The molecule has 0 spiro atoms. The summed E-state index contributed by atoms with van der Waals surface area (Å²) < 4.78 is 0. The molecule has 0 bridgehead atoms. The summed E-state index contributed by atoms with van der Waals surface area (Å²) in [7, 11) is 0. The second-order valence-electron chi connectivity index (χ2n) is 4.16. The van der Waals surface area contributed by atoms with Crippen molar-refractivity contribution in [3.63, 3.8) is 0 Å². The monoisotopic (exact) mass is 275 g/mol. The largest absolute Gasteiger partial charge is 0.478 e. The number of nitrogens with one attached hydrogen (secondary N) is 3. The van der Waals surface area contributed by atoms with Gasteiger partial charge in [-0.1, -0.05) is 0 Å². The van der Waals surface area contributed by atoms with Gasteiger partial charge in [-0.3, -0.25) is 10.1 Å². The molecule has 0 unspecified atom stereocenters. The number of aromatic amines is 1. The van der Waals surface area contributed by atoms with Crippen LogP contribution in [0.4, 0.5) is 16.2 Å². The zero-order chi connectivity index (χ0) is 14.7. The molecule has 2 aromatic rings. The predicted octanol–water partition coefficient (Wildman–Crippen LogP) is 1.76. The molecule has 8 heteroatoms. The van der Waals surface area contributed by atoms with E-state index in [1.807, 2.05) is 0 Å². The molecule has 0 aliphatic carbocycles. The fourth-order valence-electron chi connectivity index (χ4n) is 1.64. The number of aromatic nitrogens is 3. The molecular formula is C12H13N5O3. The number of anilines is 2. The molecule has 0 atom stereocenters. The van der Waals surface area contributed by atoms with Gasteiger partial charge in [0.05, 0.1) is 34.5 Å². The number of aromatic carboxylic acids is 1. The first-order valence-electron chi connectivity index (χ1n) is 5.75. The van der Waals surface area contributed by atoms with Gasteiger partial charge in [0.2, 0.25) is 0 Å². The summed E-state index contributed by atoms with van der Waals surface area (Å²) in [4.78, 5) is 26.4. The van der Waals surface area contributed by atoms with Crippen LogP contribution in [0.2, 0.25) is 0 Å². The highest BCUT2D eigenvalue weighted by Crippen LogP contribution is 2.16. The number of carboxylic acids is 1. The van der Waals surface area contributed by atoms with E-state index in [0.717, 1.165) is 5.69 Å². The topological polar surface area (TPSA) is 120 Å². The number of aryl methyl sites for hydroxylation is 2. The molecule has 2 heterocycles. The van der Waals surface area contributed by atoms with Gasteiger partial charge in [-0.05, 0) is 19.9 Å². The molecule has 0 aliphatic heterocycles. The third kappa shape index (κ3) is 2.91. The summed E-state index contributed by atoms with van der Waals surface area (Å²) >= 11 is 0. The molecule has 0 aliphatic rings. The van der Waals surface area contributed by atoms with Crippen LogP contribution in [0.5, 0.6) is 0 Å². The van der Waals surface area contributed by atoms with E-state index in [2.05, 4.69) is 25.8 Å². The van der Waals surface area contributed by atoms with E-state index >= 15 is 0 Å². The number of amides is 2. The van der Waals surface area contributed by atoms with Crippen LogP contribution in [0.1, 0.15) is 21.7 Å². The molecule has 20 heavy (non-hydrogen) atoms. The number of carbonyl (C=O) groups is 2. The molecule has 104 valence electrons. The van der Waals surface area contributed by atoms with Crippen molar-refractivity contribution < 1.29 is 14.7 Å². The van der Waals surface area contributed by atoms with Gasteiger partial charge < -0.3 is 15.7 Å². The van der Waals surface area contributed by atoms with Crippen LogP contribution < -0.4 is 10.6 Å². The van der Waals surface area contributed by atoms with Crippen LogP contribution >= 0.6 is 0 Å². The van der Waals surface area contributed by atoms with Crippen molar-refractivity contribution in [1.82, 2.24) is 15.2 Å². The Kier molecular flexibility index (Phi) is 3.65. The highest BCUT2D eigenvalue weighted by Gasteiger charge is 2.11. The average Bonchev–Trinajstić information content (AvgIpc) is 2.71. The Bertz CT molecular complexity index is 645. The normalized spacial score (nSPS) is 10.1. The van der Waals surface area contributed by atoms with Gasteiger partial charge in [-0.2, -0.15) is 5.10 Å². The van der Waals surface area contributed by atoms with Crippen LogP contribution in [-0.4, -0.2) is 32.3 Å². The minimum absolute atomic E-state index is 0.00141. The molecule has 0 aromatic carbocycles. The van der Waals surface area contributed by atoms with E-state index in [-0.39, 0.29) is 5.56 Å². The summed E-state index contributed by atoms with van der Waals surface area (Å²) in [6.45, 7) is 3.54. The van der Waals surface area contributed by atoms with Crippen LogP contribution in [-0.2, 0) is 0 Å². The Labute approximate surface area is 114 Å². The fraction of sp³-hybridized carbons (Fsp3) is 0.167. The first kappa shape index (κ1) is 13.5. The number of hydrogen-bond acceptors (Lipinski definition) is 4. The fourth-order valence-corrected chi connectivity index (χ4v) is 1.64. The molecule has 0 fully saturated rings. The van der Waals surface area contributed by atoms with Crippen LogP contribution in [0.3, 0.4) is 0 Å². The van der Waals surface area contributed by atoms with Gasteiger partial charge in [0.15, 0.2) is 0 Å². The number of carbonyl (C=O) groups excluding carboxylic acids is 1. The maximum absolute atomic E-state index is 11.8. The van der Waals surface area contributed by atoms with Crippen LogP contribution in [0, 0.1) is 13.8 Å². The third-order valence-electron chi connectivity index (χ3n) is 2.61. The number of nitrogens with zero attached hydrogens (tertiary/aromatic N) is 2. The van der Waals surface area contributed by atoms with Crippen molar-refractivity contribution in [2.45, 2.75) is 13.8 Å². The SMILES string of the molecule is Cc1n[nH]c(C)c1NC(=O)Nc1cncc(C(=O)O)c1. The maximum Gasteiger partial charge on any atom is 0.337 e. The Morgan fingerprint density at radius 2 is 2.00 bits per heavy atom. The minimum Gasteiger partial charge on any atom is -0.478 e. The quantitative estimate of drug-likeness (QED) is 0.680. The van der Waals surface area contributed by atoms with E-state index in [0.29, 0.717) is 17.1 Å². The number of H-pyrrole nitrogens is 1. The highest BCUT2D eigenvalue weighted by atomic mass is 16.4. The van der Waals surface area contributed by atoms with E-state index in [1.54, 1.807) is 13.8 Å². The van der Waals surface area contributed by atoms with Crippen molar-refractivity contribution in [2.24, 2.45) is 0 Å². The van der Waals surface area contributed by atoms with Gasteiger partial charge in [0, 0.05) is 6.20 Å². The number of hydrogen-bond donors (Lipinski definition) is 4. The van der Waals surface area contributed by atoms with Gasteiger partial charge >= 0.3 is 12.0 Å². The summed E-state index contributed by atoms with van der Waals surface area (Å²) in [5.74, 6) is -1.11. The standard InChI is InChI=1S/C12H13N5O3/c1-6-10(7(2)17-16-6)15-12(20)14-9-3-8(11(18)19)4-13-5-9/h3-5H,1-2H3,(H,16,17)(H,18,19)(H2,14,15,20). The molecule has 2 amide bonds. The lowest BCUT2D eigenvalue weighted by Crippen LogP contribution is -2.20. The minimum atomic E-state index is -1.11. The van der Waals surface area contributed by atoms with Gasteiger partial charge in [-0.25, -0.2) is 9.59 Å². The molecule has 8 nitrogen and oxygen atoms in total. The van der Waals surface area contributed by atoms with Crippen molar-refractivity contribution in [1.29, 1.82) is 0 Å². The molecular weight excluding hydrogens is 262 g/mol. The Balaban J connectivity index is 2.09. The lowest BCUT2D eigenvalue weighted by Gasteiger charge is -2.07. The van der Waals surface area contributed by atoms with Gasteiger partial charge in [0.25, 0.3) is 0 Å². The Morgan fingerprint density at radius 1 is 1.25 bits per heavy atom. The molecule has 4 N–H and O–H groups in total. The zero-order valence-corrected chi connectivity index (χ0v) is 10.9. The molecule has 0 saturated heterocycles. The smallest absolute Gasteiger partial charge is 0.337 e. The Morgan fingerprint density at radius 3 is 2.60 bits per heavy atom. The summed E-state index contributed by atoms with van der Waals surface area (Å²) in [5, 5.41) is 20.7. The van der Waals surface area contributed by atoms with Crippen LogP contribution in [0.25, 0.3) is 0 Å². The lowest BCUT2D eigenvalue weighted by atomic mass is 10.2. The van der Waals surface area contributed by atoms with Crippen molar-refractivity contribution >= 4 is 23.4 Å². The second-order valence-corrected chi connectivity index (χ2v) is 4.16. The van der Waals surface area contributed by atoms with Gasteiger partial charge in [0.1, 0.15) is 0 Å². The first-order chi connectivity index (χ1) is 9.47. The van der Waals surface area contributed by atoms with Crippen molar-refractivity contribution in [3.05, 3.63) is 35.4 Å². The summed E-state index contributed by atoms with van der Waals surface area (Å²) in [6, 6.07) is 0.825. The molecule has 2 aromatic heterocycles. The van der Waals surface area contributed by atoms with E-state index in [9.17, 15) is 9.59 Å². The highest BCUT2D eigenvalue weighted by molar-refractivity contribution is 6.01. The third-order valence-corrected chi connectivity index (χ3v) is 2.61. The maximum atomic E-state index is 11.8. The zero-order valence-electron chi connectivity index (χ0n) is 10.9. The van der Waals surface area contributed by atoms with Crippen molar-refractivity contribution in [2.75, 3.05) is 10.6 Å². The lowest BCUT2D eigenvalue weighted by molar-refractivity contribution is 0.0696. The molecule has 2 rings (SSSR count). The number of urea groups is 1. The average molecular weight is 275 g/mol. The second kappa shape index (κ2) is 5.39. The van der Waals surface area contributed by atoms with Crippen LogP contribution in [0.15, 0.2) is 18.5 Å². The predicted molar refractivity (Wildman–Crippen MR) is 71.9 cm³/mol. The summed E-state index contributed by atoms with van der Waals surface area (Å²) in [5.41, 5.74) is 2.27. The number of carboxylic acid groups (broad SMARTS) is 1. The number of rotatable bonds is 3. The van der Waals surface area contributed by atoms with E-state index < -0.39 is 12.0 Å². The molecule has 0 radical (unpaired) electrons. The van der Waals surface area contributed by atoms with Gasteiger partial charge in [-0.15, -0.1) is 0 Å².